The third-order valence-electron chi connectivity index (χ3n) is 2.30. The van der Waals surface area contributed by atoms with Crippen molar-refractivity contribution in [1.29, 1.82) is 0 Å². The van der Waals surface area contributed by atoms with Crippen molar-refractivity contribution in [3.05, 3.63) is 40.0 Å². The van der Waals surface area contributed by atoms with Gasteiger partial charge in [-0.2, -0.15) is 11.8 Å². The van der Waals surface area contributed by atoms with Gasteiger partial charge in [0.15, 0.2) is 0 Å². The summed E-state index contributed by atoms with van der Waals surface area (Å²) in [5.41, 5.74) is 0.272. The minimum absolute atomic E-state index is 0.106. The number of non-ortho nitro benzene ring substituents is 1. The summed E-state index contributed by atoms with van der Waals surface area (Å²) in [6.45, 7) is 2.50. The molecule has 0 saturated carbocycles. The minimum Gasteiger partial charge on any atom is -0.492 e. The molecule has 1 rings (SSSR count). The van der Waals surface area contributed by atoms with E-state index in [9.17, 15) is 14.9 Å². The van der Waals surface area contributed by atoms with Gasteiger partial charge in [-0.05, 0) is 17.9 Å². The first-order valence-corrected chi connectivity index (χ1v) is 7.10. The molecular weight excluding hydrogens is 282 g/mol. The third-order valence-corrected chi connectivity index (χ3v) is 3.16. The summed E-state index contributed by atoms with van der Waals surface area (Å²) in [5.74, 6) is 1.10. The lowest BCUT2D eigenvalue weighted by molar-refractivity contribution is -0.384. The van der Waals surface area contributed by atoms with Crippen molar-refractivity contribution in [3.63, 3.8) is 0 Å². The summed E-state index contributed by atoms with van der Waals surface area (Å²) in [6.07, 6.45) is 2.21. The van der Waals surface area contributed by atoms with E-state index in [0.29, 0.717) is 17.9 Å². The largest absolute Gasteiger partial charge is 0.492 e. The van der Waals surface area contributed by atoms with E-state index in [2.05, 4.69) is 0 Å². The number of hydrogen-bond acceptors (Lipinski definition) is 5. The molecule has 7 heteroatoms. The Morgan fingerprint density at radius 3 is 2.90 bits per heavy atom. The Hall–Kier alpha value is -2.02. The number of rotatable bonds is 8. The Bertz CT molecular complexity index is 515. The number of nitrogens with zero attached hydrogens (tertiary/aromatic N) is 1. The molecule has 1 aromatic carbocycles. The highest BCUT2D eigenvalue weighted by atomic mass is 32.2. The van der Waals surface area contributed by atoms with E-state index in [1.54, 1.807) is 11.8 Å². The third kappa shape index (κ3) is 5.31. The first kappa shape index (κ1) is 16.0. The normalized spacial score (nSPS) is 10.7. The van der Waals surface area contributed by atoms with Crippen molar-refractivity contribution >= 4 is 29.5 Å². The second-order valence-electron chi connectivity index (χ2n) is 3.70. The Balaban J connectivity index is 2.90. The number of carbonyl (C=O) groups is 1. The zero-order chi connectivity index (χ0) is 15.0. The number of ether oxygens (including phenoxy) is 1. The highest BCUT2D eigenvalue weighted by Crippen LogP contribution is 2.25. The average molecular weight is 297 g/mol. The lowest BCUT2D eigenvalue weighted by Gasteiger charge is -2.08. The molecule has 0 spiro atoms. The number of nitro benzene ring substituents is 1. The molecule has 1 N–H and O–H groups in total. The Kier molecular flexibility index (Phi) is 6.58. The Labute approximate surface area is 120 Å². The molecule has 6 nitrogen and oxygen atoms in total. The predicted molar refractivity (Wildman–Crippen MR) is 78.3 cm³/mol. The fourth-order valence-electron chi connectivity index (χ4n) is 1.43. The molecule has 0 heterocycles. The van der Waals surface area contributed by atoms with Crippen LogP contribution in [0.25, 0.3) is 6.08 Å². The van der Waals surface area contributed by atoms with Crippen LogP contribution in [0, 0.1) is 10.1 Å². The highest BCUT2D eigenvalue weighted by Gasteiger charge is 2.10. The Morgan fingerprint density at radius 2 is 2.30 bits per heavy atom. The number of carboxylic acids is 1. The Morgan fingerprint density at radius 1 is 1.55 bits per heavy atom. The maximum Gasteiger partial charge on any atom is 0.328 e. The molecule has 0 saturated heterocycles. The van der Waals surface area contributed by atoms with Crippen LogP contribution in [0.15, 0.2) is 24.3 Å². The molecule has 0 aliphatic rings. The molecule has 0 aliphatic carbocycles. The molecule has 108 valence electrons. The van der Waals surface area contributed by atoms with E-state index in [1.807, 2.05) is 6.92 Å². The van der Waals surface area contributed by atoms with Gasteiger partial charge in [-0.1, -0.05) is 6.92 Å². The topological polar surface area (TPSA) is 89.7 Å². The number of thioether (sulfide) groups is 1. The van der Waals surface area contributed by atoms with Crippen LogP contribution in [0.5, 0.6) is 5.75 Å². The molecule has 0 bridgehead atoms. The second-order valence-corrected chi connectivity index (χ2v) is 5.09. The molecule has 0 aliphatic heterocycles. The van der Waals surface area contributed by atoms with Gasteiger partial charge in [-0.25, -0.2) is 4.79 Å². The van der Waals surface area contributed by atoms with Crippen LogP contribution in [-0.4, -0.2) is 34.1 Å². The molecule has 0 fully saturated rings. The van der Waals surface area contributed by atoms with Crippen molar-refractivity contribution < 1.29 is 19.6 Å². The summed E-state index contributed by atoms with van der Waals surface area (Å²) >= 11 is 1.71. The molecule has 0 unspecified atom stereocenters. The van der Waals surface area contributed by atoms with E-state index >= 15 is 0 Å². The van der Waals surface area contributed by atoms with Crippen molar-refractivity contribution in [2.75, 3.05) is 18.1 Å². The maximum atomic E-state index is 10.7. The molecule has 0 aromatic heterocycles. The van der Waals surface area contributed by atoms with Gasteiger partial charge in [0.05, 0.1) is 11.5 Å². The summed E-state index contributed by atoms with van der Waals surface area (Å²) in [5, 5.41) is 19.3. The van der Waals surface area contributed by atoms with Gasteiger partial charge in [-0.15, -0.1) is 0 Å². The quantitative estimate of drug-likeness (QED) is 0.343. The van der Waals surface area contributed by atoms with Crippen LogP contribution in [-0.2, 0) is 4.79 Å². The fourth-order valence-corrected chi connectivity index (χ4v) is 1.92. The van der Waals surface area contributed by atoms with Crippen LogP contribution in [0.3, 0.4) is 0 Å². The smallest absolute Gasteiger partial charge is 0.328 e. The van der Waals surface area contributed by atoms with E-state index in [1.165, 1.54) is 24.3 Å². The van der Waals surface area contributed by atoms with Crippen molar-refractivity contribution in [1.82, 2.24) is 0 Å². The van der Waals surface area contributed by atoms with Gasteiger partial charge in [0, 0.05) is 29.5 Å². The first-order valence-electron chi connectivity index (χ1n) is 5.94. The van der Waals surface area contributed by atoms with Crippen molar-refractivity contribution in [3.8, 4) is 5.75 Å². The molecule has 0 radical (unpaired) electrons. The van der Waals surface area contributed by atoms with E-state index in [-0.39, 0.29) is 5.69 Å². The van der Waals surface area contributed by atoms with Gasteiger partial charge in [0.25, 0.3) is 5.69 Å². The monoisotopic (exact) mass is 297 g/mol. The van der Waals surface area contributed by atoms with E-state index in [4.69, 9.17) is 9.84 Å². The highest BCUT2D eigenvalue weighted by molar-refractivity contribution is 7.99. The molecule has 1 aromatic rings. The number of hydrogen-bond donors (Lipinski definition) is 1. The van der Waals surface area contributed by atoms with Crippen molar-refractivity contribution in [2.45, 2.75) is 6.92 Å². The second kappa shape index (κ2) is 8.21. The van der Waals surface area contributed by atoms with Gasteiger partial charge in [0.1, 0.15) is 5.75 Å². The van der Waals surface area contributed by atoms with Crippen LogP contribution >= 0.6 is 11.8 Å². The number of aliphatic carboxylic acids is 1. The summed E-state index contributed by atoms with van der Waals surface area (Å²) < 4.78 is 5.52. The maximum absolute atomic E-state index is 10.7. The average Bonchev–Trinajstić information content (AvgIpc) is 2.41. The van der Waals surface area contributed by atoms with Gasteiger partial charge in [-0.3, -0.25) is 10.1 Å². The number of benzene rings is 1. The van der Waals surface area contributed by atoms with Crippen LogP contribution in [0.1, 0.15) is 12.5 Å². The lowest BCUT2D eigenvalue weighted by Crippen LogP contribution is -2.02. The summed E-state index contributed by atoms with van der Waals surface area (Å²) in [4.78, 5) is 20.7. The van der Waals surface area contributed by atoms with Gasteiger partial charge >= 0.3 is 5.97 Å². The molecule has 20 heavy (non-hydrogen) atoms. The van der Waals surface area contributed by atoms with E-state index < -0.39 is 10.9 Å². The standard InChI is InChI=1S/C13H15NO5S/c1-2-20-8-7-19-12-5-4-11(14(17)18)9-10(12)3-6-13(15)16/h3-6,9H,2,7-8H2,1H3,(H,15,16)/b6-3+. The lowest BCUT2D eigenvalue weighted by atomic mass is 10.1. The van der Waals surface area contributed by atoms with Gasteiger partial charge < -0.3 is 9.84 Å². The van der Waals surface area contributed by atoms with Crippen molar-refractivity contribution in [2.24, 2.45) is 0 Å². The molecule has 0 atom stereocenters. The number of nitro groups is 1. The van der Waals surface area contributed by atoms with Crippen LogP contribution < -0.4 is 4.74 Å². The van der Waals surface area contributed by atoms with Gasteiger partial charge in [0.2, 0.25) is 0 Å². The SMILES string of the molecule is CCSCCOc1ccc([N+](=O)[O-])cc1/C=C/C(=O)O. The fraction of sp³-hybridized carbons (Fsp3) is 0.308. The van der Waals surface area contributed by atoms with Crippen LogP contribution in [0.4, 0.5) is 5.69 Å². The predicted octanol–water partition coefficient (Wildman–Crippen LogP) is 2.82. The minimum atomic E-state index is -1.12. The zero-order valence-electron chi connectivity index (χ0n) is 10.9. The van der Waals surface area contributed by atoms with E-state index in [0.717, 1.165) is 17.6 Å². The molecule has 0 amide bonds. The summed E-state index contributed by atoms with van der Waals surface area (Å²) in [7, 11) is 0. The number of carboxylic acid groups (broad SMARTS) is 1. The summed E-state index contributed by atoms with van der Waals surface area (Å²) in [6, 6.07) is 4.11. The first-order chi connectivity index (χ1) is 9.54. The molecular formula is C13H15NO5S. The zero-order valence-corrected chi connectivity index (χ0v) is 11.8. The van der Waals surface area contributed by atoms with Crippen LogP contribution in [0.2, 0.25) is 0 Å².